The van der Waals surface area contributed by atoms with Crippen molar-refractivity contribution in [2.24, 2.45) is 28.6 Å². The highest BCUT2D eigenvalue weighted by atomic mass is 16.3. The third-order valence-corrected chi connectivity index (χ3v) is 6.54. The summed E-state index contributed by atoms with van der Waals surface area (Å²) in [6, 6.07) is 0. The maximum absolute atomic E-state index is 10.4. The summed E-state index contributed by atoms with van der Waals surface area (Å²) < 4.78 is 0. The molecule has 116 valence electrons. The SMILES string of the molecule is CC(C)[C@H]1CC[C@H]2C(=CC=C3C(C)(C)[C@@H](O)C=C[C@@]32C)C1. The highest BCUT2D eigenvalue weighted by Gasteiger charge is 2.50. The molecule has 21 heavy (non-hydrogen) atoms. The number of allylic oxidation sites excluding steroid dienone is 4. The molecule has 3 aliphatic rings. The van der Waals surface area contributed by atoms with Gasteiger partial charge in [-0.3, -0.25) is 0 Å². The molecular formula is C20H30O. The second-order valence-corrected chi connectivity index (χ2v) is 8.47. The Morgan fingerprint density at radius 1 is 1.14 bits per heavy atom. The van der Waals surface area contributed by atoms with E-state index in [0.717, 1.165) is 11.8 Å². The van der Waals surface area contributed by atoms with E-state index in [0.29, 0.717) is 5.92 Å². The lowest BCUT2D eigenvalue weighted by atomic mass is 9.52. The highest BCUT2D eigenvalue weighted by molar-refractivity contribution is 5.44. The maximum atomic E-state index is 10.4. The van der Waals surface area contributed by atoms with Gasteiger partial charge >= 0.3 is 0 Å². The van der Waals surface area contributed by atoms with E-state index in [1.807, 2.05) is 6.08 Å². The van der Waals surface area contributed by atoms with Gasteiger partial charge in [-0.1, -0.05) is 70.1 Å². The van der Waals surface area contributed by atoms with Crippen LogP contribution in [0.3, 0.4) is 0 Å². The number of fused-ring (bicyclic) bond motifs is 3. The van der Waals surface area contributed by atoms with Crippen LogP contribution in [0.5, 0.6) is 0 Å². The molecule has 0 saturated heterocycles. The van der Waals surface area contributed by atoms with Gasteiger partial charge in [-0.05, 0) is 37.0 Å². The van der Waals surface area contributed by atoms with Gasteiger partial charge in [0.25, 0.3) is 0 Å². The van der Waals surface area contributed by atoms with Crippen LogP contribution < -0.4 is 0 Å². The van der Waals surface area contributed by atoms with Crippen molar-refractivity contribution in [3.8, 4) is 0 Å². The fourth-order valence-electron chi connectivity index (χ4n) is 4.91. The minimum atomic E-state index is -0.362. The smallest absolute Gasteiger partial charge is 0.0809 e. The summed E-state index contributed by atoms with van der Waals surface area (Å²) in [5.41, 5.74) is 3.01. The van der Waals surface area contributed by atoms with E-state index in [1.165, 1.54) is 24.8 Å². The molecule has 1 heteroatoms. The van der Waals surface area contributed by atoms with Gasteiger partial charge in [0.15, 0.2) is 0 Å². The first-order valence-corrected chi connectivity index (χ1v) is 8.56. The monoisotopic (exact) mass is 286 g/mol. The molecule has 3 aliphatic carbocycles. The van der Waals surface area contributed by atoms with Crippen LogP contribution in [0, 0.1) is 28.6 Å². The van der Waals surface area contributed by atoms with Gasteiger partial charge in [-0.15, -0.1) is 0 Å². The van der Waals surface area contributed by atoms with Crippen molar-refractivity contribution in [1.82, 2.24) is 0 Å². The lowest BCUT2D eigenvalue weighted by Crippen LogP contribution is -2.46. The molecule has 0 radical (unpaired) electrons. The predicted molar refractivity (Wildman–Crippen MR) is 88.9 cm³/mol. The molecule has 1 nitrogen and oxygen atoms in total. The lowest BCUT2D eigenvalue weighted by molar-refractivity contribution is 0.0778. The van der Waals surface area contributed by atoms with Crippen LogP contribution in [0.4, 0.5) is 0 Å². The van der Waals surface area contributed by atoms with Crippen LogP contribution in [-0.2, 0) is 0 Å². The number of aliphatic hydroxyl groups is 1. The van der Waals surface area contributed by atoms with Crippen LogP contribution in [0.25, 0.3) is 0 Å². The van der Waals surface area contributed by atoms with Gasteiger partial charge in [0.2, 0.25) is 0 Å². The average Bonchev–Trinajstić information content (AvgIpc) is 2.43. The minimum Gasteiger partial charge on any atom is -0.388 e. The Hall–Kier alpha value is -0.820. The van der Waals surface area contributed by atoms with E-state index in [1.54, 1.807) is 5.57 Å². The number of hydrogen-bond acceptors (Lipinski definition) is 1. The third-order valence-electron chi connectivity index (χ3n) is 6.54. The maximum Gasteiger partial charge on any atom is 0.0809 e. The molecule has 0 heterocycles. The lowest BCUT2D eigenvalue weighted by Gasteiger charge is -2.53. The zero-order valence-corrected chi connectivity index (χ0v) is 14.2. The molecule has 1 saturated carbocycles. The van der Waals surface area contributed by atoms with E-state index >= 15 is 0 Å². The zero-order valence-electron chi connectivity index (χ0n) is 14.2. The highest BCUT2D eigenvalue weighted by Crippen LogP contribution is 2.58. The topological polar surface area (TPSA) is 20.2 Å². The Balaban J connectivity index is 2.01. The summed E-state index contributed by atoms with van der Waals surface area (Å²) in [5.74, 6) is 2.26. The Kier molecular flexibility index (Phi) is 3.48. The quantitative estimate of drug-likeness (QED) is 0.681. The van der Waals surface area contributed by atoms with Gasteiger partial charge < -0.3 is 5.11 Å². The van der Waals surface area contributed by atoms with Crippen molar-refractivity contribution in [3.05, 3.63) is 35.5 Å². The Morgan fingerprint density at radius 3 is 2.52 bits per heavy atom. The molecule has 1 N–H and O–H groups in total. The molecule has 0 aliphatic heterocycles. The van der Waals surface area contributed by atoms with E-state index in [4.69, 9.17) is 0 Å². The fourth-order valence-corrected chi connectivity index (χ4v) is 4.91. The minimum absolute atomic E-state index is 0.106. The van der Waals surface area contributed by atoms with Gasteiger partial charge in [0.1, 0.15) is 0 Å². The number of hydrogen-bond donors (Lipinski definition) is 1. The van der Waals surface area contributed by atoms with Crippen molar-refractivity contribution < 1.29 is 5.11 Å². The molecule has 1 fully saturated rings. The molecule has 0 amide bonds. The van der Waals surface area contributed by atoms with Crippen LogP contribution in [0.1, 0.15) is 53.9 Å². The van der Waals surface area contributed by atoms with E-state index < -0.39 is 0 Å². The predicted octanol–water partition coefficient (Wildman–Crippen LogP) is 4.89. The fraction of sp³-hybridized carbons (Fsp3) is 0.700. The Morgan fingerprint density at radius 2 is 1.86 bits per heavy atom. The Labute approximate surface area is 129 Å². The van der Waals surface area contributed by atoms with Crippen molar-refractivity contribution in [2.75, 3.05) is 0 Å². The number of aliphatic hydroxyl groups excluding tert-OH is 1. The van der Waals surface area contributed by atoms with Gasteiger partial charge in [-0.2, -0.15) is 0 Å². The first-order chi connectivity index (χ1) is 9.76. The van der Waals surface area contributed by atoms with Crippen molar-refractivity contribution in [2.45, 2.75) is 60.0 Å². The van der Waals surface area contributed by atoms with Crippen LogP contribution in [0.15, 0.2) is 35.5 Å². The van der Waals surface area contributed by atoms with E-state index in [-0.39, 0.29) is 16.9 Å². The summed E-state index contributed by atoms with van der Waals surface area (Å²) in [4.78, 5) is 0. The molecule has 0 bridgehead atoms. The summed E-state index contributed by atoms with van der Waals surface area (Å²) in [6.07, 6.45) is 12.6. The third kappa shape index (κ3) is 2.16. The standard InChI is InChI=1S/C20H30O/c1-13(2)14-6-8-16-15(12-14)7-9-17-19(3,4)18(21)10-11-20(16,17)5/h7,9-11,13-14,16,18,21H,6,8,12H2,1-5H3/t14-,16-,18-,20+/m0/s1. The van der Waals surface area contributed by atoms with Crippen molar-refractivity contribution >= 4 is 0 Å². The largest absolute Gasteiger partial charge is 0.388 e. The number of rotatable bonds is 1. The van der Waals surface area contributed by atoms with Gasteiger partial charge in [0.05, 0.1) is 6.10 Å². The first kappa shape index (κ1) is 15.1. The molecule has 0 spiro atoms. The van der Waals surface area contributed by atoms with E-state index in [9.17, 15) is 5.11 Å². The van der Waals surface area contributed by atoms with Crippen LogP contribution in [-0.4, -0.2) is 11.2 Å². The van der Waals surface area contributed by atoms with Crippen molar-refractivity contribution in [3.63, 3.8) is 0 Å². The summed E-state index contributed by atoms with van der Waals surface area (Å²) in [6.45, 7) is 11.5. The second-order valence-electron chi connectivity index (χ2n) is 8.47. The summed E-state index contributed by atoms with van der Waals surface area (Å²) in [7, 11) is 0. The van der Waals surface area contributed by atoms with Crippen molar-refractivity contribution in [1.29, 1.82) is 0 Å². The zero-order chi connectivity index (χ0) is 15.4. The molecular weight excluding hydrogens is 256 g/mol. The van der Waals surface area contributed by atoms with Gasteiger partial charge in [0, 0.05) is 10.8 Å². The Bertz CT molecular complexity index is 520. The van der Waals surface area contributed by atoms with Crippen LogP contribution >= 0.6 is 0 Å². The molecule has 0 aromatic rings. The summed E-state index contributed by atoms with van der Waals surface area (Å²) in [5, 5.41) is 10.4. The molecule has 0 aromatic carbocycles. The van der Waals surface area contributed by atoms with E-state index in [2.05, 4.69) is 52.8 Å². The molecule has 3 rings (SSSR count). The van der Waals surface area contributed by atoms with Gasteiger partial charge in [-0.25, -0.2) is 0 Å². The molecule has 4 atom stereocenters. The normalized spacial score (nSPS) is 41.2. The first-order valence-electron chi connectivity index (χ1n) is 8.56. The molecule has 0 aromatic heterocycles. The second kappa shape index (κ2) is 4.84. The van der Waals surface area contributed by atoms with Crippen LogP contribution in [0.2, 0.25) is 0 Å². The molecule has 0 unspecified atom stereocenters. The summed E-state index contributed by atoms with van der Waals surface area (Å²) >= 11 is 0. The average molecular weight is 286 g/mol.